The fourth-order valence-electron chi connectivity index (χ4n) is 4.23. The van der Waals surface area contributed by atoms with Gasteiger partial charge in [0.15, 0.2) is 5.82 Å². The third kappa shape index (κ3) is 4.90. The molecule has 1 fully saturated rings. The number of rotatable bonds is 4. The van der Waals surface area contributed by atoms with E-state index in [9.17, 15) is 4.79 Å². The van der Waals surface area contributed by atoms with Crippen molar-refractivity contribution >= 4 is 11.6 Å². The number of carbonyl (C=O) groups excluding carboxylic acids is 1. The molecule has 0 bridgehead atoms. The number of benzene rings is 1. The maximum atomic E-state index is 13.1. The van der Waals surface area contributed by atoms with Crippen LogP contribution >= 0.6 is 0 Å². The second-order valence-corrected chi connectivity index (χ2v) is 9.35. The van der Waals surface area contributed by atoms with Gasteiger partial charge in [0.05, 0.1) is 11.3 Å². The Balaban J connectivity index is 1.81. The smallest absolute Gasteiger partial charge is 0.255 e. The van der Waals surface area contributed by atoms with Gasteiger partial charge in [-0.1, -0.05) is 63.8 Å². The van der Waals surface area contributed by atoms with Crippen molar-refractivity contribution in [2.24, 2.45) is 22.2 Å². The summed E-state index contributed by atoms with van der Waals surface area (Å²) < 4.78 is 0. The third-order valence-electron chi connectivity index (χ3n) is 6.23. The Morgan fingerprint density at radius 1 is 1.20 bits per heavy atom. The van der Waals surface area contributed by atoms with Gasteiger partial charge in [-0.15, -0.1) is 0 Å². The lowest BCUT2D eigenvalue weighted by molar-refractivity contribution is -0.118. The van der Waals surface area contributed by atoms with Crippen LogP contribution in [0.2, 0.25) is 0 Å². The lowest BCUT2D eigenvalue weighted by Crippen LogP contribution is -2.41. The second-order valence-electron chi connectivity index (χ2n) is 9.35. The van der Waals surface area contributed by atoms with Gasteiger partial charge in [-0.2, -0.15) is 0 Å². The molecule has 5 nitrogen and oxygen atoms in total. The zero-order valence-electron chi connectivity index (χ0n) is 18.6. The van der Waals surface area contributed by atoms with Crippen LogP contribution in [0, 0.1) is 11.3 Å². The number of aliphatic imine (C=N–C) groups is 1. The minimum Gasteiger partial charge on any atom is -0.349 e. The lowest BCUT2D eigenvalue weighted by atomic mass is 9.71. The summed E-state index contributed by atoms with van der Waals surface area (Å²) in [6, 6.07) is 10.1. The van der Waals surface area contributed by atoms with Gasteiger partial charge in [0, 0.05) is 17.3 Å². The largest absolute Gasteiger partial charge is 0.349 e. The van der Waals surface area contributed by atoms with Crippen LogP contribution in [0.3, 0.4) is 0 Å². The van der Waals surface area contributed by atoms with Crippen molar-refractivity contribution in [2.45, 2.75) is 59.4 Å². The number of hydrogen-bond donors (Lipinski definition) is 2. The molecule has 0 saturated heterocycles. The molecule has 160 valence electrons. The van der Waals surface area contributed by atoms with E-state index in [2.05, 4.69) is 32.7 Å². The highest BCUT2D eigenvalue weighted by molar-refractivity contribution is 6.10. The highest BCUT2D eigenvalue weighted by Gasteiger charge is 2.31. The Labute approximate surface area is 180 Å². The first-order valence-electron chi connectivity index (χ1n) is 10.8. The highest BCUT2D eigenvalue weighted by Crippen LogP contribution is 2.37. The quantitative estimate of drug-likeness (QED) is 0.563. The van der Waals surface area contributed by atoms with Crippen LogP contribution in [-0.2, 0) is 4.79 Å². The number of nitrogens with zero attached hydrogens (tertiary/aromatic N) is 2. The van der Waals surface area contributed by atoms with E-state index in [4.69, 9.17) is 10.8 Å². The van der Waals surface area contributed by atoms with E-state index >= 15 is 0 Å². The molecular formula is C25H34N4O. The fraction of sp³-hybridized carbons (Fsp3) is 0.440. The normalized spacial score (nSPS) is 24.0. The molecule has 0 spiro atoms. The van der Waals surface area contributed by atoms with Crippen molar-refractivity contribution in [1.82, 2.24) is 10.3 Å². The number of nitrogens with one attached hydrogen (secondary N) is 1. The summed E-state index contributed by atoms with van der Waals surface area (Å²) in [5.74, 6) is 7.20. The maximum absolute atomic E-state index is 13.1. The predicted molar refractivity (Wildman–Crippen MR) is 123 cm³/mol. The van der Waals surface area contributed by atoms with Gasteiger partial charge in [-0.25, -0.2) is 10.8 Å². The van der Waals surface area contributed by atoms with E-state index in [-0.39, 0.29) is 11.9 Å². The second kappa shape index (κ2) is 9.00. The molecule has 0 unspecified atom stereocenters. The number of carbonyl (C=O) groups is 1. The number of amides is 1. The molecule has 2 aliphatic rings. The average molecular weight is 407 g/mol. The fourth-order valence-corrected chi connectivity index (χ4v) is 4.23. The van der Waals surface area contributed by atoms with Crippen molar-refractivity contribution in [1.29, 1.82) is 0 Å². The van der Waals surface area contributed by atoms with Gasteiger partial charge in [0.25, 0.3) is 5.91 Å². The molecule has 0 atom stereocenters. The molecule has 1 aliphatic carbocycles. The van der Waals surface area contributed by atoms with Crippen LogP contribution < -0.4 is 11.2 Å². The number of hydrogen-bond acceptors (Lipinski definition) is 4. The predicted octanol–water partition coefficient (Wildman–Crippen LogP) is 4.69. The topological polar surface area (TPSA) is 70.7 Å². The van der Waals surface area contributed by atoms with E-state index in [0.717, 1.165) is 42.7 Å². The molecule has 1 aromatic carbocycles. The Bertz CT molecular complexity index is 881. The molecule has 1 aliphatic heterocycles. The van der Waals surface area contributed by atoms with E-state index in [1.54, 1.807) is 6.08 Å². The molecule has 3 N–H and O–H groups in total. The van der Waals surface area contributed by atoms with Crippen LogP contribution in [0.1, 0.15) is 58.9 Å². The van der Waals surface area contributed by atoms with Crippen LogP contribution in [-0.4, -0.2) is 22.7 Å². The van der Waals surface area contributed by atoms with E-state index in [1.165, 1.54) is 5.01 Å². The number of allylic oxidation sites excluding steroid dienone is 2. The molecule has 5 heteroatoms. The van der Waals surface area contributed by atoms with Crippen molar-refractivity contribution < 1.29 is 4.79 Å². The summed E-state index contributed by atoms with van der Waals surface area (Å²) in [5.41, 5.74) is 3.29. The molecule has 1 heterocycles. The van der Waals surface area contributed by atoms with Gasteiger partial charge >= 0.3 is 0 Å². The summed E-state index contributed by atoms with van der Waals surface area (Å²) in [4.78, 5) is 17.8. The summed E-state index contributed by atoms with van der Waals surface area (Å²) >= 11 is 0. The summed E-state index contributed by atoms with van der Waals surface area (Å²) in [7, 11) is 0. The van der Waals surface area contributed by atoms with Gasteiger partial charge < -0.3 is 5.32 Å². The SMILES string of the molecule is C=C/C(C(=O)NC1CCC(C(C)(C)C)CC1)=C1/N=C(c2ccccc2)C=C(C)N1N. The van der Waals surface area contributed by atoms with Gasteiger partial charge in [0.2, 0.25) is 0 Å². The Kier molecular flexibility index (Phi) is 6.61. The van der Waals surface area contributed by atoms with E-state index in [0.29, 0.717) is 22.7 Å². The number of nitrogens with two attached hydrogens (primary N) is 1. The Morgan fingerprint density at radius 2 is 1.83 bits per heavy atom. The molecular weight excluding hydrogens is 372 g/mol. The molecule has 0 aromatic heterocycles. The van der Waals surface area contributed by atoms with E-state index in [1.807, 2.05) is 43.3 Å². The molecule has 1 saturated carbocycles. The van der Waals surface area contributed by atoms with Crippen molar-refractivity contribution in [3.8, 4) is 0 Å². The minimum absolute atomic E-state index is 0.166. The lowest BCUT2D eigenvalue weighted by Gasteiger charge is -2.37. The summed E-state index contributed by atoms with van der Waals surface area (Å²) in [6.07, 6.45) is 7.74. The first-order chi connectivity index (χ1) is 14.2. The van der Waals surface area contributed by atoms with Crippen molar-refractivity contribution in [2.75, 3.05) is 0 Å². The first kappa shape index (κ1) is 22.0. The highest BCUT2D eigenvalue weighted by atomic mass is 16.1. The summed E-state index contributed by atoms with van der Waals surface area (Å²) in [6.45, 7) is 12.7. The summed E-state index contributed by atoms with van der Waals surface area (Å²) in [5, 5.41) is 4.65. The van der Waals surface area contributed by atoms with Crippen LogP contribution in [0.5, 0.6) is 0 Å². The van der Waals surface area contributed by atoms with Crippen molar-refractivity contribution in [3.63, 3.8) is 0 Å². The maximum Gasteiger partial charge on any atom is 0.255 e. The van der Waals surface area contributed by atoms with Crippen LogP contribution in [0.15, 0.2) is 71.1 Å². The number of hydrazine groups is 1. The third-order valence-corrected chi connectivity index (χ3v) is 6.23. The molecule has 0 radical (unpaired) electrons. The van der Waals surface area contributed by atoms with Crippen LogP contribution in [0.25, 0.3) is 0 Å². The standard InChI is InChI=1S/C25H34N4O/c1-6-21(24(30)27-20-14-12-19(13-15-20)25(3,4)5)23-28-22(16-17(2)29(23)26)18-10-8-7-9-11-18/h6-11,16,19-20H,1,12-15,26H2,2-5H3,(H,27,30)/b23-21+. The van der Waals surface area contributed by atoms with Crippen LogP contribution in [0.4, 0.5) is 0 Å². The average Bonchev–Trinajstić information content (AvgIpc) is 2.72. The monoisotopic (exact) mass is 406 g/mol. The Morgan fingerprint density at radius 3 is 2.40 bits per heavy atom. The van der Waals surface area contributed by atoms with Gasteiger partial charge in [-0.3, -0.25) is 9.80 Å². The Hall–Kier alpha value is -2.66. The first-order valence-corrected chi connectivity index (χ1v) is 10.8. The molecule has 30 heavy (non-hydrogen) atoms. The zero-order valence-corrected chi connectivity index (χ0v) is 18.6. The van der Waals surface area contributed by atoms with Gasteiger partial charge in [0.1, 0.15) is 0 Å². The minimum atomic E-state index is -0.166. The zero-order chi connectivity index (χ0) is 21.9. The van der Waals surface area contributed by atoms with Gasteiger partial charge in [-0.05, 0) is 50.0 Å². The molecule has 3 rings (SSSR count). The van der Waals surface area contributed by atoms with E-state index < -0.39 is 0 Å². The molecule has 1 aromatic rings. The van der Waals surface area contributed by atoms with Crippen molar-refractivity contribution in [3.05, 3.63) is 71.7 Å². The molecule has 1 amide bonds.